The molecule has 0 aromatic carbocycles. The molecule has 1 heterocycles. The van der Waals surface area contributed by atoms with Crippen molar-refractivity contribution in [3.63, 3.8) is 0 Å². The van der Waals surface area contributed by atoms with E-state index in [1.165, 1.54) is 38.5 Å². The van der Waals surface area contributed by atoms with Crippen LogP contribution in [0.25, 0.3) is 0 Å². The molecule has 106 valence electrons. The third-order valence-electron chi connectivity index (χ3n) is 4.90. The molecule has 0 spiro atoms. The minimum Gasteiger partial charge on any atom is -0.377 e. The summed E-state index contributed by atoms with van der Waals surface area (Å²) < 4.78 is 5.83. The van der Waals surface area contributed by atoms with Crippen LogP contribution in [0.2, 0.25) is 0 Å². The van der Waals surface area contributed by atoms with Gasteiger partial charge in [-0.3, -0.25) is 0 Å². The van der Waals surface area contributed by atoms with Gasteiger partial charge in [0.15, 0.2) is 0 Å². The standard InChI is InChI=1S/C16H31NO/c1-12(2)15-8-7-13(3)10-16(15)17-11-14-6-4-5-9-18-14/h12-17H,4-11H2,1-3H3. The summed E-state index contributed by atoms with van der Waals surface area (Å²) in [6.45, 7) is 9.21. The lowest BCUT2D eigenvalue weighted by atomic mass is 9.74. The van der Waals surface area contributed by atoms with E-state index in [4.69, 9.17) is 4.74 Å². The fraction of sp³-hybridized carbons (Fsp3) is 1.00. The Balaban J connectivity index is 1.80. The Morgan fingerprint density at radius 3 is 2.67 bits per heavy atom. The van der Waals surface area contributed by atoms with E-state index < -0.39 is 0 Å². The van der Waals surface area contributed by atoms with Crippen molar-refractivity contribution in [2.45, 2.75) is 71.4 Å². The van der Waals surface area contributed by atoms with Crippen molar-refractivity contribution < 1.29 is 4.74 Å². The molecule has 4 atom stereocenters. The molecular formula is C16H31NO. The number of nitrogens with one attached hydrogen (secondary N) is 1. The van der Waals surface area contributed by atoms with Gasteiger partial charge in [0, 0.05) is 19.2 Å². The van der Waals surface area contributed by atoms with E-state index in [1.54, 1.807) is 0 Å². The maximum atomic E-state index is 5.83. The van der Waals surface area contributed by atoms with Crippen LogP contribution in [0.15, 0.2) is 0 Å². The van der Waals surface area contributed by atoms with Crippen LogP contribution in [0.1, 0.15) is 59.3 Å². The van der Waals surface area contributed by atoms with Gasteiger partial charge in [0.05, 0.1) is 6.10 Å². The van der Waals surface area contributed by atoms with Gasteiger partial charge in [0.1, 0.15) is 0 Å². The lowest BCUT2D eigenvalue weighted by Gasteiger charge is -2.39. The molecule has 4 unspecified atom stereocenters. The molecule has 18 heavy (non-hydrogen) atoms. The molecular weight excluding hydrogens is 222 g/mol. The van der Waals surface area contributed by atoms with E-state index in [2.05, 4.69) is 26.1 Å². The summed E-state index contributed by atoms with van der Waals surface area (Å²) in [6.07, 6.45) is 8.51. The van der Waals surface area contributed by atoms with E-state index in [9.17, 15) is 0 Å². The first kappa shape index (κ1) is 14.3. The summed E-state index contributed by atoms with van der Waals surface area (Å²) in [6, 6.07) is 0.722. The molecule has 0 radical (unpaired) electrons. The lowest BCUT2D eigenvalue weighted by Crippen LogP contribution is -2.46. The highest BCUT2D eigenvalue weighted by atomic mass is 16.5. The fourth-order valence-corrected chi connectivity index (χ4v) is 3.69. The van der Waals surface area contributed by atoms with Gasteiger partial charge < -0.3 is 10.1 Å². The first-order valence-corrected chi connectivity index (χ1v) is 8.01. The highest BCUT2D eigenvalue weighted by Crippen LogP contribution is 2.33. The smallest absolute Gasteiger partial charge is 0.0699 e. The van der Waals surface area contributed by atoms with Crippen molar-refractivity contribution in [3.05, 3.63) is 0 Å². The maximum absolute atomic E-state index is 5.83. The summed E-state index contributed by atoms with van der Waals surface area (Å²) in [5, 5.41) is 3.83. The zero-order valence-electron chi connectivity index (χ0n) is 12.5. The monoisotopic (exact) mass is 253 g/mol. The zero-order chi connectivity index (χ0) is 13.0. The minimum absolute atomic E-state index is 0.476. The average molecular weight is 253 g/mol. The molecule has 2 rings (SSSR count). The Morgan fingerprint density at radius 2 is 2.00 bits per heavy atom. The van der Waals surface area contributed by atoms with E-state index in [0.29, 0.717) is 6.10 Å². The summed E-state index contributed by atoms with van der Waals surface area (Å²) in [5.41, 5.74) is 0. The predicted octanol–water partition coefficient (Wildman–Crippen LogP) is 3.61. The number of ether oxygens (including phenoxy) is 1. The van der Waals surface area contributed by atoms with Gasteiger partial charge in [-0.05, 0) is 49.9 Å². The Kier molecular flexibility index (Phi) is 5.50. The largest absolute Gasteiger partial charge is 0.377 e. The Labute approximate surface area is 113 Å². The van der Waals surface area contributed by atoms with Crippen molar-refractivity contribution in [3.8, 4) is 0 Å². The van der Waals surface area contributed by atoms with E-state index >= 15 is 0 Å². The van der Waals surface area contributed by atoms with Gasteiger partial charge in [0.25, 0.3) is 0 Å². The first-order valence-electron chi connectivity index (χ1n) is 8.01. The number of rotatable bonds is 4. The van der Waals surface area contributed by atoms with Crippen molar-refractivity contribution in [1.29, 1.82) is 0 Å². The van der Waals surface area contributed by atoms with Crippen molar-refractivity contribution in [2.75, 3.05) is 13.2 Å². The molecule has 1 N–H and O–H groups in total. The van der Waals surface area contributed by atoms with Gasteiger partial charge in [0.2, 0.25) is 0 Å². The maximum Gasteiger partial charge on any atom is 0.0699 e. The van der Waals surface area contributed by atoms with E-state index in [-0.39, 0.29) is 0 Å². The second-order valence-electron chi connectivity index (χ2n) is 6.83. The van der Waals surface area contributed by atoms with Crippen LogP contribution in [0.3, 0.4) is 0 Å². The molecule has 0 aromatic rings. The van der Waals surface area contributed by atoms with Gasteiger partial charge >= 0.3 is 0 Å². The molecule has 0 bridgehead atoms. The third-order valence-corrected chi connectivity index (χ3v) is 4.90. The number of hydrogen-bond acceptors (Lipinski definition) is 2. The molecule has 2 fully saturated rings. The van der Waals surface area contributed by atoms with Crippen LogP contribution >= 0.6 is 0 Å². The molecule has 1 aliphatic heterocycles. The molecule has 0 aromatic heterocycles. The van der Waals surface area contributed by atoms with Crippen molar-refractivity contribution in [1.82, 2.24) is 5.32 Å². The molecule has 2 heteroatoms. The van der Waals surface area contributed by atoms with Crippen LogP contribution in [0.4, 0.5) is 0 Å². The highest BCUT2D eigenvalue weighted by molar-refractivity contribution is 4.86. The Hall–Kier alpha value is -0.0800. The molecule has 2 aliphatic rings. The second kappa shape index (κ2) is 6.91. The summed E-state index contributed by atoms with van der Waals surface area (Å²) >= 11 is 0. The quantitative estimate of drug-likeness (QED) is 0.826. The minimum atomic E-state index is 0.476. The van der Waals surface area contributed by atoms with Crippen LogP contribution in [0, 0.1) is 17.8 Å². The summed E-state index contributed by atoms with van der Waals surface area (Å²) in [7, 11) is 0. The van der Waals surface area contributed by atoms with Crippen molar-refractivity contribution in [2.24, 2.45) is 17.8 Å². The fourth-order valence-electron chi connectivity index (χ4n) is 3.69. The number of hydrogen-bond donors (Lipinski definition) is 1. The second-order valence-corrected chi connectivity index (χ2v) is 6.83. The normalized spacial score (nSPS) is 38.0. The Morgan fingerprint density at radius 1 is 1.17 bits per heavy atom. The van der Waals surface area contributed by atoms with Crippen LogP contribution in [0.5, 0.6) is 0 Å². The molecule has 0 amide bonds. The SMILES string of the molecule is CC1CCC(C(C)C)C(NCC2CCCCO2)C1. The van der Waals surface area contributed by atoms with Crippen LogP contribution in [-0.4, -0.2) is 25.3 Å². The highest BCUT2D eigenvalue weighted by Gasteiger charge is 2.30. The van der Waals surface area contributed by atoms with E-state index in [1.807, 2.05) is 0 Å². The predicted molar refractivity (Wildman–Crippen MR) is 76.7 cm³/mol. The summed E-state index contributed by atoms with van der Waals surface area (Å²) in [5.74, 6) is 2.57. The molecule has 1 saturated carbocycles. The lowest BCUT2D eigenvalue weighted by molar-refractivity contribution is 0.0113. The molecule has 1 saturated heterocycles. The molecule has 1 aliphatic carbocycles. The third kappa shape index (κ3) is 3.96. The van der Waals surface area contributed by atoms with Crippen LogP contribution in [-0.2, 0) is 4.74 Å². The van der Waals surface area contributed by atoms with Crippen molar-refractivity contribution >= 4 is 0 Å². The van der Waals surface area contributed by atoms with Gasteiger partial charge in [-0.2, -0.15) is 0 Å². The first-order chi connectivity index (χ1) is 8.66. The van der Waals surface area contributed by atoms with Gasteiger partial charge in [-0.1, -0.05) is 27.2 Å². The van der Waals surface area contributed by atoms with Crippen LogP contribution < -0.4 is 5.32 Å². The average Bonchev–Trinajstić information content (AvgIpc) is 2.37. The molecule has 2 nitrogen and oxygen atoms in total. The topological polar surface area (TPSA) is 21.3 Å². The van der Waals surface area contributed by atoms with Gasteiger partial charge in [-0.15, -0.1) is 0 Å². The summed E-state index contributed by atoms with van der Waals surface area (Å²) in [4.78, 5) is 0. The Bertz CT molecular complexity index is 235. The van der Waals surface area contributed by atoms with Gasteiger partial charge in [-0.25, -0.2) is 0 Å². The van der Waals surface area contributed by atoms with E-state index in [0.717, 1.165) is 36.9 Å². The zero-order valence-corrected chi connectivity index (χ0v) is 12.5.